The maximum absolute atomic E-state index is 13.9. The molecule has 1 fully saturated rings. The van der Waals surface area contributed by atoms with E-state index >= 15 is 0 Å². The van der Waals surface area contributed by atoms with Gasteiger partial charge in [0.15, 0.2) is 6.29 Å². The van der Waals surface area contributed by atoms with Gasteiger partial charge in [-0.05, 0) is 6.07 Å². The lowest BCUT2D eigenvalue weighted by Gasteiger charge is -2.30. The molecule has 1 unspecified atom stereocenters. The molecule has 0 spiro atoms. The molecule has 1 aliphatic rings. The quantitative estimate of drug-likeness (QED) is 0.794. The fourth-order valence-electron chi connectivity index (χ4n) is 2.02. The normalized spacial score (nSPS) is 17.9. The Kier molecular flexibility index (Phi) is 4.11. The molecule has 0 bridgehead atoms. The summed E-state index contributed by atoms with van der Waals surface area (Å²) < 4.78 is 32.3. The Morgan fingerprint density at radius 3 is 2.56 bits per heavy atom. The van der Waals surface area contributed by atoms with Crippen LogP contribution in [-0.2, 0) is 4.74 Å². The smallest absolute Gasteiger partial charge is 0.183 e. The topological polar surface area (TPSA) is 44.7 Å². The number of aliphatic hydroxyl groups is 1. The Balaban J connectivity index is 2.30. The lowest BCUT2D eigenvalue weighted by atomic mass is 10.1. The zero-order valence-electron chi connectivity index (χ0n) is 10.1. The number of benzene rings is 1. The number of hydrogen-bond acceptors (Lipinski definition) is 4. The monoisotopic (exact) mass is 258 g/mol. The van der Waals surface area contributed by atoms with Gasteiger partial charge in [-0.2, -0.15) is 0 Å². The average Bonchev–Trinajstić information content (AvgIpc) is 2.41. The van der Waals surface area contributed by atoms with E-state index in [4.69, 9.17) is 0 Å². The second-order valence-corrected chi connectivity index (χ2v) is 4.15. The van der Waals surface area contributed by atoms with Crippen LogP contribution < -0.4 is 10.2 Å². The van der Waals surface area contributed by atoms with Crippen molar-refractivity contribution >= 4 is 5.69 Å². The summed E-state index contributed by atoms with van der Waals surface area (Å²) in [6.45, 7) is 2.73. The summed E-state index contributed by atoms with van der Waals surface area (Å²) in [7, 11) is 1.23. The van der Waals surface area contributed by atoms with Gasteiger partial charge in [-0.25, -0.2) is 8.78 Å². The van der Waals surface area contributed by atoms with Crippen molar-refractivity contribution in [3.63, 3.8) is 0 Å². The molecule has 1 atom stereocenters. The molecule has 1 aliphatic heterocycles. The van der Waals surface area contributed by atoms with E-state index in [1.54, 1.807) is 4.90 Å². The standard InChI is InChI=1S/C12H16F2N2O2/c1-18-12(17)8-6-10(14)11(7-9(8)13)16-4-2-15-3-5-16/h6-7,12,15,17H,2-5H2,1H3. The van der Waals surface area contributed by atoms with Crippen LogP contribution in [0, 0.1) is 11.6 Å². The largest absolute Gasteiger partial charge is 0.367 e. The lowest BCUT2D eigenvalue weighted by Crippen LogP contribution is -2.44. The fourth-order valence-corrected chi connectivity index (χ4v) is 2.02. The zero-order chi connectivity index (χ0) is 13.1. The van der Waals surface area contributed by atoms with Crippen LogP contribution in [0.1, 0.15) is 11.9 Å². The summed E-state index contributed by atoms with van der Waals surface area (Å²) in [6.07, 6.45) is -1.45. The van der Waals surface area contributed by atoms with Gasteiger partial charge in [0, 0.05) is 44.9 Å². The minimum atomic E-state index is -1.45. The molecule has 0 saturated carbocycles. The van der Waals surface area contributed by atoms with Gasteiger partial charge in [0.05, 0.1) is 5.69 Å². The summed E-state index contributed by atoms with van der Waals surface area (Å²) in [5.74, 6) is -1.22. The van der Waals surface area contributed by atoms with Gasteiger partial charge in [0.2, 0.25) is 0 Å². The maximum Gasteiger partial charge on any atom is 0.183 e. The molecule has 0 radical (unpaired) electrons. The van der Waals surface area contributed by atoms with Crippen LogP contribution in [0.3, 0.4) is 0 Å². The van der Waals surface area contributed by atoms with Gasteiger partial charge < -0.3 is 20.1 Å². The average molecular weight is 258 g/mol. The molecule has 100 valence electrons. The SMILES string of the molecule is COC(O)c1cc(F)c(N2CCNCC2)cc1F. The third kappa shape index (κ3) is 2.60. The molecular formula is C12H16F2N2O2. The number of rotatable bonds is 3. The Morgan fingerprint density at radius 1 is 1.28 bits per heavy atom. The molecule has 1 aromatic carbocycles. The molecule has 0 aromatic heterocycles. The van der Waals surface area contributed by atoms with Crippen molar-refractivity contribution in [2.24, 2.45) is 0 Å². The number of piperazine rings is 1. The number of halogens is 2. The first-order valence-corrected chi connectivity index (χ1v) is 5.79. The van der Waals surface area contributed by atoms with Gasteiger partial charge in [0.1, 0.15) is 11.6 Å². The van der Waals surface area contributed by atoms with E-state index in [0.29, 0.717) is 13.1 Å². The van der Waals surface area contributed by atoms with Crippen LogP contribution in [0.25, 0.3) is 0 Å². The maximum atomic E-state index is 13.9. The second kappa shape index (κ2) is 5.60. The molecule has 0 aliphatic carbocycles. The second-order valence-electron chi connectivity index (χ2n) is 4.15. The van der Waals surface area contributed by atoms with Gasteiger partial charge in [0.25, 0.3) is 0 Å². The number of nitrogens with zero attached hydrogens (tertiary/aromatic N) is 1. The molecule has 1 aromatic rings. The number of methoxy groups -OCH3 is 1. The van der Waals surface area contributed by atoms with E-state index in [2.05, 4.69) is 10.1 Å². The Labute approximate surface area is 104 Å². The number of hydrogen-bond donors (Lipinski definition) is 2. The number of nitrogens with one attached hydrogen (secondary N) is 1. The van der Waals surface area contributed by atoms with E-state index < -0.39 is 17.9 Å². The van der Waals surface area contributed by atoms with E-state index in [1.807, 2.05) is 0 Å². The lowest BCUT2D eigenvalue weighted by molar-refractivity contribution is -0.0792. The highest BCUT2D eigenvalue weighted by molar-refractivity contribution is 5.50. The fraction of sp³-hybridized carbons (Fsp3) is 0.500. The van der Waals surface area contributed by atoms with Crippen molar-refractivity contribution in [1.29, 1.82) is 0 Å². The van der Waals surface area contributed by atoms with Crippen molar-refractivity contribution in [3.8, 4) is 0 Å². The van der Waals surface area contributed by atoms with E-state index in [-0.39, 0.29) is 11.3 Å². The highest BCUT2D eigenvalue weighted by Crippen LogP contribution is 2.27. The van der Waals surface area contributed by atoms with Gasteiger partial charge in [-0.1, -0.05) is 0 Å². The first-order chi connectivity index (χ1) is 8.63. The summed E-state index contributed by atoms with van der Waals surface area (Å²) >= 11 is 0. The highest BCUT2D eigenvalue weighted by Gasteiger charge is 2.20. The molecule has 4 nitrogen and oxygen atoms in total. The Hall–Kier alpha value is -1.24. The molecule has 18 heavy (non-hydrogen) atoms. The molecular weight excluding hydrogens is 242 g/mol. The van der Waals surface area contributed by atoms with Gasteiger partial charge in [-0.3, -0.25) is 0 Å². The first-order valence-electron chi connectivity index (χ1n) is 5.79. The predicted molar refractivity (Wildman–Crippen MR) is 63.4 cm³/mol. The van der Waals surface area contributed by atoms with Gasteiger partial charge >= 0.3 is 0 Å². The number of aliphatic hydroxyl groups excluding tert-OH is 1. The Bertz CT molecular complexity index is 423. The zero-order valence-corrected chi connectivity index (χ0v) is 10.1. The van der Waals surface area contributed by atoms with Crippen molar-refractivity contribution in [2.45, 2.75) is 6.29 Å². The third-order valence-electron chi connectivity index (χ3n) is 3.01. The summed E-state index contributed by atoms with van der Waals surface area (Å²) in [5, 5.41) is 12.5. The number of ether oxygens (including phenoxy) is 1. The minimum Gasteiger partial charge on any atom is -0.367 e. The molecule has 1 saturated heterocycles. The number of anilines is 1. The van der Waals surface area contributed by atoms with Crippen molar-refractivity contribution in [3.05, 3.63) is 29.3 Å². The summed E-state index contributed by atoms with van der Waals surface area (Å²) in [4.78, 5) is 1.78. The van der Waals surface area contributed by atoms with Crippen LogP contribution in [0.15, 0.2) is 12.1 Å². The van der Waals surface area contributed by atoms with E-state index in [9.17, 15) is 13.9 Å². The molecule has 6 heteroatoms. The first kappa shape index (κ1) is 13.2. The summed E-state index contributed by atoms with van der Waals surface area (Å²) in [6, 6.07) is 2.10. The molecule has 1 heterocycles. The third-order valence-corrected chi connectivity index (χ3v) is 3.01. The molecule has 2 N–H and O–H groups in total. The predicted octanol–water partition coefficient (Wildman–Crippen LogP) is 1.01. The minimum absolute atomic E-state index is 0.186. The van der Waals surface area contributed by atoms with Gasteiger partial charge in [-0.15, -0.1) is 0 Å². The van der Waals surface area contributed by atoms with Crippen LogP contribution >= 0.6 is 0 Å². The van der Waals surface area contributed by atoms with Crippen molar-refractivity contribution in [1.82, 2.24) is 5.32 Å². The summed E-state index contributed by atoms with van der Waals surface area (Å²) in [5.41, 5.74) is 0.0370. The van der Waals surface area contributed by atoms with Crippen LogP contribution in [0.4, 0.5) is 14.5 Å². The van der Waals surface area contributed by atoms with Crippen molar-refractivity contribution < 1.29 is 18.6 Å². The van der Waals surface area contributed by atoms with E-state index in [1.165, 1.54) is 7.11 Å². The van der Waals surface area contributed by atoms with Crippen molar-refractivity contribution in [2.75, 3.05) is 38.2 Å². The Morgan fingerprint density at radius 2 is 1.94 bits per heavy atom. The molecule has 0 amide bonds. The van der Waals surface area contributed by atoms with Crippen LogP contribution in [0.5, 0.6) is 0 Å². The molecule has 2 rings (SSSR count). The van der Waals surface area contributed by atoms with Crippen LogP contribution in [0.2, 0.25) is 0 Å². The van der Waals surface area contributed by atoms with E-state index in [0.717, 1.165) is 25.2 Å². The van der Waals surface area contributed by atoms with Crippen LogP contribution in [-0.4, -0.2) is 38.4 Å². The highest BCUT2D eigenvalue weighted by atomic mass is 19.1.